The number of furan rings is 1. The minimum Gasteiger partial charge on any atom is -0.472 e. The standard InChI is InChI=1S/C13H17NO5S/c1-18-7-11-3-5-20(16,17)13(11)8-14(9-13)12(15)10-2-4-19-6-10/h2,4,6,11H,3,5,7-9H2,1H3/t11-/m1/s1. The third-order valence-electron chi connectivity index (χ3n) is 4.44. The molecule has 3 heterocycles. The van der Waals surface area contributed by atoms with Crippen LogP contribution in [0.25, 0.3) is 0 Å². The Morgan fingerprint density at radius 1 is 1.55 bits per heavy atom. The molecule has 1 spiro atoms. The lowest BCUT2D eigenvalue weighted by Crippen LogP contribution is -2.68. The average Bonchev–Trinajstić information content (AvgIpc) is 2.94. The van der Waals surface area contributed by atoms with Gasteiger partial charge < -0.3 is 14.1 Å². The maximum atomic E-state index is 12.3. The zero-order valence-electron chi connectivity index (χ0n) is 11.2. The summed E-state index contributed by atoms with van der Waals surface area (Å²) < 4.78 is 33.8. The minimum atomic E-state index is -3.15. The van der Waals surface area contributed by atoms with E-state index in [-0.39, 0.29) is 30.7 Å². The van der Waals surface area contributed by atoms with E-state index in [1.807, 2.05) is 0 Å². The van der Waals surface area contributed by atoms with Crippen LogP contribution in [0.15, 0.2) is 23.0 Å². The number of carbonyl (C=O) groups excluding carboxylic acids is 1. The summed E-state index contributed by atoms with van der Waals surface area (Å²) >= 11 is 0. The van der Waals surface area contributed by atoms with Crippen molar-refractivity contribution in [2.45, 2.75) is 11.2 Å². The predicted octanol–water partition coefficient (Wildman–Crippen LogP) is 0.555. The number of amides is 1. The molecule has 110 valence electrons. The molecule has 0 aromatic carbocycles. The first-order chi connectivity index (χ1) is 9.50. The average molecular weight is 299 g/mol. The summed E-state index contributed by atoms with van der Waals surface area (Å²) in [7, 11) is -1.58. The molecule has 7 heteroatoms. The second kappa shape index (κ2) is 4.60. The summed E-state index contributed by atoms with van der Waals surface area (Å²) in [6, 6.07) is 1.59. The van der Waals surface area contributed by atoms with Crippen LogP contribution < -0.4 is 0 Å². The Labute approximate surface area is 117 Å². The van der Waals surface area contributed by atoms with Crippen molar-refractivity contribution in [1.29, 1.82) is 0 Å². The van der Waals surface area contributed by atoms with Gasteiger partial charge in [-0.1, -0.05) is 0 Å². The molecule has 1 atom stereocenters. The molecule has 1 aromatic rings. The highest BCUT2D eigenvalue weighted by Gasteiger charge is 2.62. The number of hydrogen-bond acceptors (Lipinski definition) is 5. The first-order valence-electron chi connectivity index (χ1n) is 6.53. The van der Waals surface area contributed by atoms with Gasteiger partial charge in [0.1, 0.15) is 11.0 Å². The predicted molar refractivity (Wildman–Crippen MR) is 71.1 cm³/mol. The van der Waals surface area contributed by atoms with Crippen molar-refractivity contribution in [2.24, 2.45) is 5.92 Å². The molecule has 2 saturated heterocycles. The SMILES string of the molecule is COC[C@H]1CCS(=O)(=O)C12CN(C(=O)c1ccoc1)C2. The van der Waals surface area contributed by atoms with Crippen LogP contribution >= 0.6 is 0 Å². The van der Waals surface area contributed by atoms with Gasteiger partial charge in [0.15, 0.2) is 9.84 Å². The van der Waals surface area contributed by atoms with E-state index in [2.05, 4.69) is 0 Å². The highest BCUT2D eigenvalue weighted by molar-refractivity contribution is 7.93. The second-order valence-electron chi connectivity index (χ2n) is 5.50. The van der Waals surface area contributed by atoms with Crippen molar-refractivity contribution in [1.82, 2.24) is 4.90 Å². The monoisotopic (exact) mass is 299 g/mol. The molecule has 0 unspecified atom stereocenters. The fourth-order valence-electron chi connectivity index (χ4n) is 3.22. The molecular formula is C13H17NO5S. The van der Waals surface area contributed by atoms with Gasteiger partial charge in [-0.15, -0.1) is 0 Å². The highest BCUT2D eigenvalue weighted by Crippen LogP contribution is 2.45. The molecule has 0 radical (unpaired) electrons. The smallest absolute Gasteiger partial charge is 0.257 e. The van der Waals surface area contributed by atoms with E-state index >= 15 is 0 Å². The molecule has 0 aliphatic carbocycles. The third kappa shape index (κ3) is 1.80. The topological polar surface area (TPSA) is 76.8 Å². The molecule has 20 heavy (non-hydrogen) atoms. The highest BCUT2D eigenvalue weighted by atomic mass is 32.2. The van der Waals surface area contributed by atoms with Gasteiger partial charge in [0.2, 0.25) is 0 Å². The van der Waals surface area contributed by atoms with Gasteiger partial charge in [0, 0.05) is 26.1 Å². The number of hydrogen-bond donors (Lipinski definition) is 0. The Morgan fingerprint density at radius 2 is 2.30 bits per heavy atom. The van der Waals surface area contributed by atoms with Crippen LogP contribution in [0.2, 0.25) is 0 Å². The van der Waals surface area contributed by atoms with Gasteiger partial charge in [-0.3, -0.25) is 4.79 Å². The van der Waals surface area contributed by atoms with Crippen LogP contribution in [-0.2, 0) is 14.6 Å². The van der Waals surface area contributed by atoms with E-state index in [0.29, 0.717) is 18.6 Å². The zero-order chi connectivity index (χ0) is 14.4. The Hall–Kier alpha value is -1.34. The van der Waals surface area contributed by atoms with Gasteiger partial charge in [-0.2, -0.15) is 0 Å². The van der Waals surface area contributed by atoms with Gasteiger partial charge in [-0.25, -0.2) is 8.42 Å². The number of nitrogens with zero attached hydrogens (tertiary/aromatic N) is 1. The molecule has 3 rings (SSSR count). The summed E-state index contributed by atoms with van der Waals surface area (Å²) in [5.74, 6) is -0.0112. The molecule has 6 nitrogen and oxygen atoms in total. The summed E-state index contributed by atoms with van der Waals surface area (Å²) in [6.07, 6.45) is 3.43. The summed E-state index contributed by atoms with van der Waals surface area (Å²) in [4.78, 5) is 13.7. The molecule has 2 fully saturated rings. The second-order valence-corrected chi connectivity index (χ2v) is 7.95. The van der Waals surface area contributed by atoms with E-state index in [1.165, 1.54) is 12.5 Å². The molecule has 0 bridgehead atoms. The summed E-state index contributed by atoms with van der Waals surface area (Å²) in [5, 5.41) is 0. The molecule has 1 amide bonds. The molecule has 0 saturated carbocycles. The Morgan fingerprint density at radius 3 is 2.90 bits per heavy atom. The van der Waals surface area contributed by atoms with E-state index < -0.39 is 14.6 Å². The number of methoxy groups -OCH3 is 1. The number of carbonyl (C=O) groups is 1. The Balaban J connectivity index is 1.78. The number of likely N-dealkylation sites (tertiary alicyclic amines) is 1. The van der Waals surface area contributed by atoms with E-state index in [4.69, 9.17) is 9.15 Å². The van der Waals surface area contributed by atoms with E-state index in [0.717, 1.165) is 0 Å². The van der Waals surface area contributed by atoms with Gasteiger partial charge in [0.05, 0.1) is 24.2 Å². The first kappa shape index (κ1) is 13.6. The van der Waals surface area contributed by atoms with Gasteiger partial charge in [-0.05, 0) is 12.5 Å². The van der Waals surface area contributed by atoms with Crippen molar-refractivity contribution in [3.63, 3.8) is 0 Å². The van der Waals surface area contributed by atoms with Crippen molar-refractivity contribution in [3.8, 4) is 0 Å². The number of rotatable bonds is 3. The summed E-state index contributed by atoms with van der Waals surface area (Å²) in [5.41, 5.74) is 0.457. The largest absolute Gasteiger partial charge is 0.472 e. The maximum absolute atomic E-state index is 12.3. The molecule has 2 aliphatic rings. The van der Waals surface area contributed by atoms with Crippen LogP contribution in [0.5, 0.6) is 0 Å². The number of sulfone groups is 1. The van der Waals surface area contributed by atoms with Crippen LogP contribution in [0.3, 0.4) is 0 Å². The lowest BCUT2D eigenvalue weighted by atomic mass is 9.83. The fraction of sp³-hybridized carbons (Fsp3) is 0.615. The van der Waals surface area contributed by atoms with Crippen LogP contribution in [0.4, 0.5) is 0 Å². The molecule has 2 aliphatic heterocycles. The summed E-state index contributed by atoms with van der Waals surface area (Å²) in [6.45, 7) is 0.938. The van der Waals surface area contributed by atoms with E-state index in [9.17, 15) is 13.2 Å². The van der Waals surface area contributed by atoms with Crippen molar-refractivity contribution < 1.29 is 22.4 Å². The first-order valence-corrected chi connectivity index (χ1v) is 8.18. The Bertz CT molecular complexity index is 601. The van der Waals surface area contributed by atoms with Crippen LogP contribution in [0, 0.1) is 5.92 Å². The molecular weight excluding hydrogens is 282 g/mol. The molecule has 0 N–H and O–H groups in total. The van der Waals surface area contributed by atoms with E-state index in [1.54, 1.807) is 18.1 Å². The molecule has 1 aromatic heterocycles. The minimum absolute atomic E-state index is 0.0223. The van der Waals surface area contributed by atoms with Gasteiger partial charge in [0.25, 0.3) is 5.91 Å². The number of ether oxygens (including phenoxy) is 1. The fourth-order valence-corrected chi connectivity index (χ4v) is 5.62. The van der Waals surface area contributed by atoms with Crippen LogP contribution in [0.1, 0.15) is 16.8 Å². The lowest BCUT2D eigenvalue weighted by Gasteiger charge is -2.49. The van der Waals surface area contributed by atoms with Crippen molar-refractivity contribution in [2.75, 3.05) is 32.6 Å². The van der Waals surface area contributed by atoms with Crippen LogP contribution in [-0.4, -0.2) is 56.5 Å². The lowest BCUT2D eigenvalue weighted by molar-refractivity contribution is 0.0336. The normalized spacial score (nSPS) is 26.6. The van der Waals surface area contributed by atoms with Gasteiger partial charge >= 0.3 is 0 Å². The van der Waals surface area contributed by atoms with Crippen molar-refractivity contribution in [3.05, 3.63) is 24.2 Å². The maximum Gasteiger partial charge on any atom is 0.257 e. The third-order valence-corrected chi connectivity index (χ3v) is 7.04. The zero-order valence-corrected chi connectivity index (χ0v) is 12.1. The Kier molecular flexibility index (Phi) is 3.13. The quantitative estimate of drug-likeness (QED) is 0.815. The van der Waals surface area contributed by atoms with Crippen molar-refractivity contribution >= 4 is 15.7 Å².